The predicted molar refractivity (Wildman–Crippen MR) is 101 cm³/mol. The molecule has 0 spiro atoms. The number of aryl methyl sites for hydroxylation is 2. The molecule has 1 atom stereocenters. The lowest BCUT2D eigenvalue weighted by Gasteiger charge is -2.11. The Hall–Kier alpha value is -1.63. The van der Waals surface area contributed by atoms with Crippen molar-refractivity contribution in [3.8, 4) is 5.82 Å². The third kappa shape index (κ3) is 4.71. The molecule has 2 N–H and O–H groups in total. The molecule has 1 aliphatic rings. The molecule has 3 heterocycles. The Bertz CT molecular complexity index is 741. The average molecular weight is 384 g/mol. The summed E-state index contributed by atoms with van der Waals surface area (Å²) < 4.78 is 1.71. The summed E-state index contributed by atoms with van der Waals surface area (Å²) in [4.78, 5) is 16.8. The van der Waals surface area contributed by atoms with Crippen LogP contribution in [0, 0.1) is 19.8 Å². The molecule has 0 aliphatic carbocycles. The molecular weight excluding hydrogens is 361 g/mol. The highest BCUT2D eigenvalue weighted by Gasteiger charge is 2.17. The monoisotopic (exact) mass is 383 g/mol. The third-order valence-corrected chi connectivity index (χ3v) is 4.58. The first-order valence-electron chi connectivity index (χ1n) is 8.23. The molecule has 136 valence electrons. The van der Waals surface area contributed by atoms with Crippen LogP contribution in [0.2, 0.25) is 5.02 Å². The Morgan fingerprint density at radius 3 is 2.88 bits per heavy atom. The number of hydrogen-bond acceptors (Lipinski definition) is 4. The lowest BCUT2D eigenvalue weighted by Crippen LogP contribution is -2.27. The van der Waals surface area contributed by atoms with Gasteiger partial charge in [0.05, 0.1) is 10.7 Å². The van der Waals surface area contributed by atoms with Crippen molar-refractivity contribution in [2.45, 2.75) is 26.7 Å². The fourth-order valence-electron chi connectivity index (χ4n) is 3.00. The molecule has 1 saturated heterocycles. The van der Waals surface area contributed by atoms with Crippen molar-refractivity contribution in [2.75, 3.05) is 19.6 Å². The summed E-state index contributed by atoms with van der Waals surface area (Å²) in [5.74, 6) is 0.985. The first kappa shape index (κ1) is 19.7. The van der Waals surface area contributed by atoms with Gasteiger partial charge in [-0.15, -0.1) is 12.4 Å². The molecule has 6 nitrogen and oxygen atoms in total. The van der Waals surface area contributed by atoms with Gasteiger partial charge in [-0.05, 0) is 63.9 Å². The first-order chi connectivity index (χ1) is 11.5. The summed E-state index contributed by atoms with van der Waals surface area (Å²) in [7, 11) is 0. The number of nitrogens with zero attached hydrogens (tertiary/aromatic N) is 3. The minimum Gasteiger partial charge on any atom is -0.351 e. The van der Waals surface area contributed by atoms with Crippen LogP contribution >= 0.6 is 24.0 Å². The second-order valence-electron chi connectivity index (χ2n) is 6.24. The average Bonchev–Trinajstić information content (AvgIpc) is 3.17. The number of aromatic nitrogens is 3. The zero-order valence-corrected chi connectivity index (χ0v) is 16.0. The molecule has 3 rings (SSSR count). The number of pyridine rings is 1. The van der Waals surface area contributed by atoms with E-state index in [1.165, 1.54) is 6.42 Å². The quantitative estimate of drug-likeness (QED) is 0.832. The van der Waals surface area contributed by atoms with Crippen molar-refractivity contribution in [3.05, 3.63) is 40.3 Å². The van der Waals surface area contributed by atoms with Crippen molar-refractivity contribution < 1.29 is 4.79 Å². The van der Waals surface area contributed by atoms with Crippen LogP contribution in [0.1, 0.15) is 34.7 Å². The fraction of sp³-hybridized carbons (Fsp3) is 0.471. The van der Waals surface area contributed by atoms with Crippen LogP contribution in [0.25, 0.3) is 5.82 Å². The summed E-state index contributed by atoms with van der Waals surface area (Å²) in [6.45, 7) is 6.60. The van der Waals surface area contributed by atoms with E-state index in [0.717, 1.165) is 30.9 Å². The number of halogens is 2. The van der Waals surface area contributed by atoms with Crippen LogP contribution < -0.4 is 10.6 Å². The summed E-state index contributed by atoms with van der Waals surface area (Å²) >= 11 is 6.17. The molecule has 0 aromatic carbocycles. The van der Waals surface area contributed by atoms with Crippen LogP contribution in [0.4, 0.5) is 0 Å². The van der Waals surface area contributed by atoms with Gasteiger partial charge in [-0.1, -0.05) is 11.6 Å². The molecule has 2 aromatic heterocycles. The molecule has 25 heavy (non-hydrogen) atoms. The van der Waals surface area contributed by atoms with Gasteiger partial charge in [0, 0.05) is 12.2 Å². The Morgan fingerprint density at radius 1 is 1.44 bits per heavy atom. The van der Waals surface area contributed by atoms with Gasteiger partial charge in [0.1, 0.15) is 5.69 Å². The number of nitrogens with one attached hydrogen (secondary N) is 2. The number of carbonyl (C=O) groups excluding carboxylic acids is 1. The van der Waals surface area contributed by atoms with Gasteiger partial charge < -0.3 is 10.6 Å². The fourth-order valence-corrected chi connectivity index (χ4v) is 3.20. The largest absolute Gasteiger partial charge is 0.351 e. The normalized spacial score (nSPS) is 16.5. The Labute approximate surface area is 158 Å². The minimum atomic E-state index is -0.241. The number of amides is 1. The van der Waals surface area contributed by atoms with Crippen LogP contribution in [0.15, 0.2) is 18.2 Å². The highest BCUT2D eigenvalue weighted by atomic mass is 35.5. The summed E-state index contributed by atoms with van der Waals surface area (Å²) in [6, 6.07) is 5.42. The van der Waals surface area contributed by atoms with E-state index in [-0.39, 0.29) is 24.0 Å². The third-order valence-electron chi connectivity index (χ3n) is 4.27. The second-order valence-corrected chi connectivity index (χ2v) is 6.65. The van der Waals surface area contributed by atoms with E-state index < -0.39 is 0 Å². The summed E-state index contributed by atoms with van der Waals surface area (Å²) in [5.41, 5.74) is 2.11. The number of hydrogen-bond donors (Lipinski definition) is 2. The molecule has 0 bridgehead atoms. The lowest BCUT2D eigenvalue weighted by atomic mass is 10.1. The predicted octanol–water partition coefficient (Wildman–Crippen LogP) is 2.69. The van der Waals surface area contributed by atoms with Gasteiger partial charge in [0.25, 0.3) is 5.91 Å². The molecule has 1 fully saturated rings. The maximum absolute atomic E-state index is 12.4. The van der Waals surface area contributed by atoms with E-state index in [2.05, 4.69) is 20.7 Å². The molecule has 1 unspecified atom stereocenters. The van der Waals surface area contributed by atoms with E-state index in [9.17, 15) is 4.79 Å². The molecule has 0 radical (unpaired) electrons. The van der Waals surface area contributed by atoms with Crippen LogP contribution in [0.5, 0.6) is 0 Å². The van der Waals surface area contributed by atoms with Crippen molar-refractivity contribution >= 4 is 29.9 Å². The SMILES string of the molecule is Cc1cc(C)n(-c2ccc(Cl)c(C(=O)NCCC3CCNC3)n2)n1.Cl. The zero-order chi connectivity index (χ0) is 17.1. The summed E-state index contributed by atoms with van der Waals surface area (Å²) in [6.07, 6.45) is 2.13. The standard InChI is InChI=1S/C17H22ClN5O.ClH/c1-11-9-12(2)23(22-11)15-4-3-14(18)16(21-15)17(24)20-8-6-13-5-7-19-10-13;/h3-4,9,13,19H,5-8,10H2,1-2H3,(H,20,24);1H. The van der Waals surface area contributed by atoms with E-state index in [4.69, 9.17) is 11.6 Å². The zero-order valence-electron chi connectivity index (χ0n) is 14.4. The van der Waals surface area contributed by atoms with Gasteiger partial charge in [0.2, 0.25) is 0 Å². The Morgan fingerprint density at radius 2 is 2.24 bits per heavy atom. The Balaban J connectivity index is 0.00000225. The smallest absolute Gasteiger partial charge is 0.271 e. The van der Waals surface area contributed by atoms with Crippen molar-refractivity contribution in [2.24, 2.45) is 5.92 Å². The maximum Gasteiger partial charge on any atom is 0.271 e. The van der Waals surface area contributed by atoms with Crippen LogP contribution in [-0.4, -0.2) is 40.3 Å². The van der Waals surface area contributed by atoms with Crippen molar-refractivity contribution in [1.29, 1.82) is 0 Å². The van der Waals surface area contributed by atoms with Crippen molar-refractivity contribution in [3.63, 3.8) is 0 Å². The van der Waals surface area contributed by atoms with Crippen LogP contribution in [-0.2, 0) is 0 Å². The first-order valence-corrected chi connectivity index (χ1v) is 8.61. The van der Waals surface area contributed by atoms with Crippen molar-refractivity contribution in [1.82, 2.24) is 25.4 Å². The topological polar surface area (TPSA) is 71.8 Å². The van der Waals surface area contributed by atoms with Gasteiger partial charge >= 0.3 is 0 Å². The van der Waals surface area contributed by atoms with E-state index in [1.807, 2.05) is 19.9 Å². The molecule has 8 heteroatoms. The molecule has 1 amide bonds. The summed E-state index contributed by atoms with van der Waals surface area (Å²) in [5, 5.41) is 11.0. The van der Waals surface area contributed by atoms with Gasteiger partial charge in [-0.3, -0.25) is 4.79 Å². The van der Waals surface area contributed by atoms with E-state index in [1.54, 1.807) is 16.8 Å². The Kier molecular flexibility index (Phi) is 6.81. The van der Waals surface area contributed by atoms with Gasteiger partial charge in [-0.25, -0.2) is 9.67 Å². The minimum absolute atomic E-state index is 0. The van der Waals surface area contributed by atoms with Gasteiger partial charge in [-0.2, -0.15) is 5.10 Å². The van der Waals surface area contributed by atoms with E-state index in [0.29, 0.717) is 23.3 Å². The highest BCUT2D eigenvalue weighted by molar-refractivity contribution is 6.33. The number of rotatable bonds is 5. The molecule has 0 saturated carbocycles. The lowest BCUT2D eigenvalue weighted by molar-refractivity contribution is 0.0946. The maximum atomic E-state index is 12.4. The van der Waals surface area contributed by atoms with E-state index >= 15 is 0 Å². The van der Waals surface area contributed by atoms with Crippen LogP contribution in [0.3, 0.4) is 0 Å². The molecular formula is C17H23Cl2N5O. The second kappa shape index (κ2) is 8.65. The highest BCUT2D eigenvalue weighted by Crippen LogP contribution is 2.18. The van der Waals surface area contributed by atoms with Gasteiger partial charge in [0.15, 0.2) is 5.82 Å². The number of carbonyl (C=O) groups is 1. The molecule has 1 aliphatic heterocycles. The molecule has 2 aromatic rings.